The molecule has 0 aromatic heterocycles. The van der Waals surface area contributed by atoms with E-state index in [1.807, 2.05) is 0 Å². The SMILES string of the molecule is CNCC(=O)CCl.CNCC(=O)CCl.O=C(O)C(O)C(O)C(=O)O. The van der Waals surface area contributed by atoms with E-state index in [2.05, 4.69) is 10.6 Å². The molecule has 0 aromatic carbocycles. The van der Waals surface area contributed by atoms with Crippen LogP contribution in [0.25, 0.3) is 0 Å². The maximum Gasteiger partial charge on any atom is 0.335 e. The van der Waals surface area contributed by atoms with Crippen LogP contribution in [-0.2, 0) is 19.2 Å². The van der Waals surface area contributed by atoms with Crippen LogP contribution < -0.4 is 10.6 Å². The summed E-state index contributed by atoms with van der Waals surface area (Å²) < 4.78 is 0. The molecule has 142 valence electrons. The van der Waals surface area contributed by atoms with Crippen LogP contribution in [0, 0.1) is 0 Å². The molecule has 0 spiro atoms. The largest absolute Gasteiger partial charge is 0.479 e. The number of rotatable bonds is 9. The molecule has 0 saturated carbocycles. The van der Waals surface area contributed by atoms with Crippen LogP contribution in [0.5, 0.6) is 0 Å². The van der Waals surface area contributed by atoms with Crippen molar-refractivity contribution in [1.82, 2.24) is 10.6 Å². The summed E-state index contributed by atoms with van der Waals surface area (Å²) in [7, 11) is 3.43. The molecule has 0 aliphatic rings. The number of alkyl halides is 2. The van der Waals surface area contributed by atoms with Gasteiger partial charge in [-0.25, -0.2) is 9.59 Å². The number of halogens is 2. The van der Waals surface area contributed by atoms with E-state index in [4.69, 9.17) is 43.6 Å². The minimum atomic E-state index is -2.27. The van der Waals surface area contributed by atoms with E-state index in [1.54, 1.807) is 14.1 Å². The number of aliphatic carboxylic acids is 2. The second-order valence-electron chi connectivity index (χ2n) is 3.97. The average molecular weight is 393 g/mol. The maximum atomic E-state index is 10.2. The molecule has 0 rings (SSSR count). The fourth-order valence-corrected chi connectivity index (χ4v) is 0.948. The fourth-order valence-electron chi connectivity index (χ4n) is 0.759. The molecule has 0 fully saturated rings. The molecule has 6 N–H and O–H groups in total. The number of aliphatic hydroxyl groups excluding tert-OH is 2. The molecule has 0 amide bonds. The molecule has 10 nitrogen and oxygen atoms in total. The van der Waals surface area contributed by atoms with Crippen LogP contribution in [0.4, 0.5) is 0 Å². The molecular weight excluding hydrogens is 371 g/mol. The minimum absolute atomic E-state index is 0.0316. The molecule has 2 atom stereocenters. The third-order valence-electron chi connectivity index (χ3n) is 1.85. The smallest absolute Gasteiger partial charge is 0.335 e. The van der Waals surface area contributed by atoms with Crippen molar-refractivity contribution in [3.63, 3.8) is 0 Å². The first kappa shape index (κ1) is 27.5. The van der Waals surface area contributed by atoms with Gasteiger partial charge in [0.05, 0.1) is 24.8 Å². The van der Waals surface area contributed by atoms with Crippen molar-refractivity contribution in [1.29, 1.82) is 0 Å². The Morgan fingerprint density at radius 1 is 0.792 bits per heavy atom. The monoisotopic (exact) mass is 392 g/mol. The summed E-state index contributed by atoms with van der Waals surface area (Å²) in [5.74, 6) is -3.25. The molecule has 0 heterocycles. The van der Waals surface area contributed by atoms with Gasteiger partial charge in [-0.05, 0) is 14.1 Å². The number of carbonyl (C=O) groups excluding carboxylic acids is 2. The summed E-state index contributed by atoms with van der Waals surface area (Å²) in [6.45, 7) is 0.757. The molecule has 0 radical (unpaired) electrons. The van der Waals surface area contributed by atoms with Crippen molar-refractivity contribution < 1.29 is 39.6 Å². The van der Waals surface area contributed by atoms with Gasteiger partial charge in [0.1, 0.15) is 0 Å². The second-order valence-corrected chi connectivity index (χ2v) is 4.51. The lowest BCUT2D eigenvalue weighted by Gasteiger charge is -2.07. The Morgan fingerprint density at radius 3 is 1.12 bits per heavy atom. The molecular formula is C12H22Cl2N2O8. The Bertz CT molecular complexity index is 359. The van der Waals surface area contributed by atoms with Gasteiger partial charge in [0, 0.05) is 0 Å². The summed E-state index contributed by atoms with van der Waals surface area (Å²) in [5, 5.41) is 37.9. The number of ketones is 2. The van der Waals surface area contributed by atoms with Gasteiger partial charge in [-0.1, -0.05) is 0 Å². The number of carbonyl (C=O) groups is 4. The summed E-state index contributed by atoms with van der Waals surface area (Å²) in [6, 6.07) is 0. The van der Waals surface area contributed by atoms with E-state index in [-0.39, 0.29) is 23.3 Å². The Balaban J connectivity index is -0.000000283. The Kier molecular flexibility index (Phi) is 20.7. The molecule has 2 unspecified atom stereocenters. The maximum absolute atomic E-state index is 10.2. The highest BCUT2D eigenvalue weighted by Gasteiger charge is 2.29. The van der Waals surface area contributed by atoms with Crippen LogP contribution in [0.15, 0.2) is 0 Å². The molecule has 24 heavy (non-hydrogen) atoms. The number of hydrogen-bond donors (Lipinski definition) is 6. The lowest BCUT2D eigenvalue weighted by Crippen LogP contribution is -2.39. The van der Waals surface area contributed by atoms with Gasteiger partial charge in [0.2, 0.25) is 0 Å². The number of carboxylic acid groups (broad SMARTS) is 2. The minimum Gasteiger partial charge on any atom is -0.479 e. The highest BCUT2D eigenvalue weighted by Crippen LogP contribution is 1.92. The predicted octanol–water partition coefficient (Wildman–Crippen LogP) is -2.10. The fraction of sp³-hybridized carbons (Fsp3) is 0.667. The summed E-state index contributed by atoms with van der Waals surface area (Å²) >= 11 is 10.3. The third-order valence-corrected chi connectivity index (χ3v) is 2.45. The Morgan fingerprint density at radius 2 is 1.04 bits per heavy atom. The second kappa shape index (κ2) is 18.0. The van der Waals surface area contributed by atoms with Crippen molar-refractivity contribution in [3.8, 4) is 0 Å². The number of nitrogens with one attached hydrogen (secondary N) is 2. The first-order chi connectivity index (χ1) is 11.1. The normalized spacial score (nSPS) is 11.8. The van der Waals surface area contributed by atoms with Gasteiger partial charge < -0.3 is 31.1 Å². The summed E-state index contributed by atoms with van der Waals surface area (Å²) in [4.78, 5) is 40.0. The highest BCUT2D eigenvalue weighted by atomic mass is 35.5. The van der Waals surface area contributed by atoms with E-state index in [0.717, 1.165) is 0 Å². The number of hydrogen-bond acceptors (Lipinski definition) is 8. The van der Waals surface area contributed by atoms with E-state index >= 15 is 0 Å². The van der Waals surface area contributed by atoms with Crippen molar-refractivity contribution in [2.45, 2.75) is 12.2 Å². The van der Waals surface area contributed by atoms with Gasteiger partial charge in [0.25, 0.3) is 0 Å². The van der Waals surface area contributed by atoms with Gasteiger partial charge in [0.15, 0.2) is 23.8 Å². The van der Waals surface area contributed by atoms with E-state index in [9.17, 15) is 19.2 Å². The zero-order valence-corrected chi connectivity index (χ0v) is 14.7. The summed E-state index contributed by atoms with van der Waals surface area (Å²) in [6.07, 6.45) is -4.53. The van der Waals surface area contributed by atoms with E-state index in [1.165, 1.54) is 0 Å². The average Bonchev–Trinajstić information content (AvgIpc) is 2.54. The van der Waals surface area contributed by atoms with Gasteiger partial charge in [-0.15, -0.1) is 23.2 Å². The molecule has 12 heteroatoms. The number of carboxylic acids is 2. The molecule has 0 aliphatic carbocycles. The van der Waals surface area contributed by atoms with Crippen molar-refractivity contribution in [3.05, 3.63) is 0 Å². The Hall–Kier alpha value is -1.30. The van der Waals surface area contributed by atoms with Gasteiger partial charge in [-0.2, -0.15) is 0 Å². The Labute approximate surface area is 148 Å². The number of aliphatic hydroxyl groups is 2. The first-order valence-corrected chi connectivity index (χ1v) is 7.42. The molecule has 0 aromatic rings. The summed E-state index contributed by atoms with van der Waals surface area (Å²) in [5.41, 5.74) is 0. The standard InChI is InChI=1S/2C4H8ClNO.C4H6O6/c2*1-6-3-4(7)2-5;5-1(3(7)8)2(6)4(9)10/h2*6H,2-3H2,1H3;1-2,5-6H,(H,7,8)(H,9,10). The number of likely N-dealkylation sites (N-methyl/N-ethyl adjacent to an activating group) is 2. The van der Waals surface area contributed by atoms with Crippen molar-refractivity contribution in [2.75, 3.05) is 38.9 Å². The first-order valence-electron chi connectivity index (χ1n) is 6.35. The van der Waals surface area contributed by atoms with Crippen molar-refractivity contribution in [2.24, 2.45) is 0 Å². The van der Waals surface area contributed by atoms with Crippen LogP contribution >= 0.6 is 23.2 Å². The van der Waals surface area contributed by atoms with E-state index in [0.29, 0.717) is 13.1 Å². The predicted molar refractivity (Wildman–Crippen MR) is 86.6 cm³/mol. The third kappa shape index (κ3) is 18.7. The zero-order chi connectivity index (χ0) is 19.7. The lowest BCUT2D eigenvalue weighted by molar-refractivity contribution is -0.165. The van der Waals surface area contributed by atoms with Crippen LogP contribution in [-0.4, -0.2) is 95.1 Å². The van der Waals surface area contributed by atoms with Crippen LogP contribution in [0.1, 0.15) is 0 Å². The van der Waals surface area contributed by atoms with Crippen molar-refractivity contribution >= 4 is 46.7 Å². The molecule has 0 aliphatic heterocycles. The van der Waals surface area contributed by atoms with Gasteiger partial charge >= 0.3 is 11.9 Å². The van der Waals surface area contributed by atoms with E-state index < -0.39 is 24.1 Å². The number of Topliss-reactive ketones (excluding diaryl/α,β-unsaturated/α-hetero) is 2. The molecule has 0 bridgehead atoms. The highest BCUT2D eigenvalue weighted by molar-refractivity contribution is 6.28. The van der Waals surface area contributed by atoms with Crippen LogP contribution in [0.3, 0.4) is 0 Å². The van der Waals surface area contributed by atoms with Gasteiger partial charge in [-0.3, -0.25) is 9.59 Å². The van der Waals surface area contributed by atoms with Crippen LogP contribution in [0.2, 0.25) is 0 Å². The topological polar surface area (TPSA) is 173 Å². The quantitative estimate of drug-likeness (QED) is 0.238. The zero-order valence-electron chi connectivity index (χ0n) is 13.2. The molecule has 0 saturated heterocycles. The lowest BCUT2D eigenvalue weighted by atomic mass is 10.2.